The van der Waals surface area contributed by atoms with Gasteiger partial charge in [-0.15, -0.1) is 0 Å². The Morgan fingerprint density at radius 2 is 1.91 bits per heavy atom. The molecule has 4 rings (SSSR count). The van der Waals surface area contributed by atoms with Crippen LogP contribution in [0, 0.1) is 0 Å². The van der Waals surface area contributed by atoms with Crippen LogP contribution in [0.15, 0.2) is 54.9 Å². The van der Waals surface area contributed by atoms with Crippen LogP contribution >= 0.6 is 0 Å². The monoisotopic (exact) mass is 307 g/mol. The highest BCUT2D eigenvalue weighted by molar-refractivity contribution is 5.77. The van der Waals surface area contributed by atoms with Gasteiger partial charge in [-0.05, 0) is 49.2 Å². The van der Waals surface area contributed by atoms with Crippen molar-refractivity contribution in [1.29, 1.82) is 0 Å². The lowest BCUT2D eigenvalue weighted by atomic mass is 10.1. The molecule has 4 heteroatoms. The van der Waals surface area contributed by atoms with Gasteiger partial charge in [-0.1, -0.05) is 24.3 Å². The summed E-state index contributed by atoms with van der Waals surface area (Å²) in [6.07, 6.45) is 3.73. The van der Waals surface area contributed by atoms with Gasteiger partial charge in [0.15, 0.2) is 0 Å². The van der Waals surface area contributed by atoms with Gasteiger partial charge < -0.3 is 5.11 Å². The second-order valence-corrected chi connectivity index (χ2v) is 6.30. The van der Waals surface area contributed by atoms with Gasteiger partial charge >= 0.3 is 0 Å². The molecule has 0 spiro atoms. The molecule has 0 radical (unpaired) electrons. The molecule has 1 aliphatic rings. The highest BCUT2D eigenvalue weighted by atomic mass is 16.3. The highest BCUT2D eigenvalue weighted by Gasteiger charge is 2.17. The minimum Gasteiger partial charge on any atom is -0.392 e. The molecule has 1 aromatic heterocycles. The third-order valence-corrected chi connectivity index (χ3v) is 4.55. The minimum absolute atomic E-state index is 0.166. The molecule has 118 valence electrons. The van der Waals surface area contributed by atoms with Crippen LogP contribution in [0.1, 0.15) is 18.4 Å². The average molecular weight is 307 g/mol. The van der Waals surface area contributed by atoms with E-state index in [0.29, 0.717) is 0 Å². The van der Waals surface area contributed by atoms with Crippen molar-refractivity contribution in [3.63, 3.8) is 0 Å². The number of aliphatic hydroxyl groups excluding tert-OH is 1. The number of hydrogen-bond acceptors (Lipinski definition) is 3. The third-order valence-electron chi connectivity index (χ3n) is 4.55. The lowest BCUT2D eigenvalue weighted by molar-refractivity contribution is 0.0668. The number of nitrogens with zero attached hydrogens (tertiary/aromatic N) is 3. The Bertz CT molecular complexity index is 794. The fourth-order valence-corrected chi connectivity index (χ4v) is 3.36. The molecule has 1 aliphatic heterocycles. The molecule has 3 aromatic rings. The van der Waals surface area contributed by atoms with Gasteiger partial charge in [0.05, 0.1) is 17.1 Å². The zero-order valence-electron chi connectivity index (χ0n) is 13.1. The van der Waals surface area contributed by atoms with E-state index in [1.165, 1.54) is 5.56 Å². The number of aromatic nitrogens is 2. The topological polar surface area (TPSA) is 41.3 Å². The largest absolute Gasteiger partial charge is 0.392 e. The van der Waals surface area contributed by atoms with E-state index >= 15 is 0 Å². The van der Waals surface area contributed by atoms with E-state index in [1.807, 2.05) is 24.5 Å². The summed E-state index contributed by atoms with van der Waals surface area (Å²) in [6.45, 7) is 2.76. The normalized spacial score (nSPS) is 19.3. The van der Waals surface area contributed by atoms with Crippen molar-refractivity contribution in [2.75, 3.05) is 13.1 Å². The van der Waals surface area contributed by atoms with Gasteiger partial charge in [0.2, 0.25) is 0 Å². The van der Waals surface area contributed by atoms with Crippen molar-refractivity contribution in [2.24, 2.45) is 0 Å². The fourth-order valence-electron chi connectivity index (χ4n) is 3.36. The molecule has 0 amide bonds. The minimum atomic E-state index is -0.166. The van der Waals surface area contributed by atoms with Crippen LogP contribution in [-0.2, 0) is 6.54 Å². The molecule has 0 saturated carbocycles. The lowest BCUT2D eigenvalue weighted by Gasteiger charge is -2.30. The second kappa shape index (κ2) is 6.14. The van der Waals surface area contributed by atoms with E-state index < -0.39 is 0 Å². The fraction of sp³-hybridized carbons (Fsp3) is 0.316. The standard InChI is InChI=1S/C19H21N3O/c23-17-4-3-11-21(13-17)12-15-7-9-16(10-8-15)22-14-20-18-5-1-2-6-19(18)22/h1-2,5-10,14,17,23H,3-4,11-13H2. The van der Waals surface area contributed by atoms with E-state index in [1.54, 1.807) is 0 Å². The van der Waals surface area contributed by atoms with E-state index in [-0.39, 0.29) is 6.10 Å². The summed E-state index contributed by atoms with van der Waals surface area (Å²) in [6, 6.07) is 16.8. The summed E-state index contributed by atoms with van der Waals surface area (Å²) in [5.74, 6) is 0. The Kier molecular flexibility index (Phi) is 3.85. The van der Waals surface area contributed by atoms with Gasteiger partial charge in [0.1, 0.15) is 6.33 Å². The molecule has 2 heterocycles. The van der Waals surface area contributed by atoms with Crippen molar-refractivity contribution in [2.45, 2.75) is 25.5 Å². The van der Waals surface area contributed by atoms with Crippen LogP contribution in [0.5, 0.6) is 0 Å². The Labute approximate surface area is 136 Å². The van der Waals surface area contributed by atoms with Gasteiger partial charge in [-0.2, -0.15) is 0 Å². The molecule has 0 bridgehead atoms. The zero-order valence-corrected chi connectivity index (χ0v) is 13.1. The molecule has 1 N–H and O–H groups in total. The van der Waals surface area contributed by atoms with E-state index in [4.69, 9.17) is 0 Å². The summed E-state index contributed by atoms with van der Waals surface area (Å²) in [4.78, 5) is 6.78. The second-order valence-electron chi connectivity index (χ2n) is 6.30. The Hall–Kier alpha value is -2.17. The maximum atomic E-state index is 9.78. The maximum absolute atomic E-state index is 9.78. The molecule has 1 atom stereocenters. The van der Waals surface area contributed by atoms with E-state index in [2.05, 4.69) is 44.8 Å². The Balaban J connectivity index is 1.54. The first-order valence-electron chi connectivity index (χ1n) is 8.21. The number of aliphatic hydroxyl groups is 1. The SMILES string of the molecule is OC1CCCN(Cc2ccc(-n3cnc4ccccc43)cc2)C1. The number of piperidine rings is 1. The molecule has 23 heavy (non-hydrogen) atoms. The van der Waals surface area contributed by atoms with Crippen molar-refractivity contribution >= 4 is 11.0 Å². The number of hydrogen-bond donors (Lipinski definition) is 1. The Morgan fingerprint density at radius 1 is 1.09 bits per heavy atom. The summed E-state index contributed by atoms with van der Waals surface area (Å²) < 4.78 is 2.11. The number of likely N-dealkylation sites (tertiary alicyclic amines) is 1. The van der Waals surface area contributed by atoms with Crippen LogP contribution in [0.25, 0.3) is 16.7 Å². The first-order chi connectivity index (χ1) is 11.3. The maximum Gasteiger partial charge on any atom is 0.100 e. The van der Waals surface area contributed by atoms with Crippen LogP contribution in [0.4, 0.5) is 0 Å². The summed E-state index contributed by atoms with van der Waals surface area (Å²) in [7, 11) is 0. The molecule has 0 aliphatic carbocycles. The highest BCUT2D eigenvalue weighted by Crippen LogP contribution is 2.19. The molecule has 2 aromatic carbocycles. The molecule has 4 nitrogen and oxygen atoms in total. The lowest BCUT2D eigenvalue weighted by Crippen LogP contribution is -2.37. The van der Waals surface area contributed by atoms with Gasteiger partial charge in [0, 0.05) is 18.8 Å². The van der Waals surface area contributed by atoms with Crippen molar-refractivity contribution < 1.29 is 5.11 Å². The summed E-state index contributed by atoms with van der Waals surface area (Å²) in [5.41, 5.74) is 4.55. The number of β-amino-alcohol motifs (C(OH)–C–C–N with tert-alkyl or cyclic N) is 1. The summed E-state index contributed by atoms with van der Waals surface area (Å²) >= 11 is 0. The number of benzene rings is 2. The number of rotatable bonds is 3. The smallest absolute Gasteiger partial charge is 0.100 e. The first kappa shape index (κ1) is 14.4. The van der Waals surface area contributed by atoms with Gasteiger partial charge in [-0.25, -0.2) is 4.98 Å². The predicted octanol–water partition coefficient (Wildman–Crippen LogP) is 2.98. The predicted molar refractivity (Wildman–Crippen MR) is 91.6 cm³/mol. The van der Waals surface area contributed by atoms with Crippen LogP contribution in [0.3, 0.4) is 0 Å². The van der Waals surface area contributed by atoms with Crippen LogP contribution < -0.4 is 0 Å². The van der Waals surface area contributed by atoms with Gasteiger partial charge in [0.25, 0.3) is 0 Å². The molecular weight excluding hydrogens is 286 g/mol. The van der Waals surface area contributed by atoms with E-state index in [9.17, 15) is 5.11 Å². The van der Waals surface area contributed by atoms with Crippen molar-refractivity contribution in [3.8, 4) is 5.69 Å². The molecule has 1 unspecified atom stereocenters. The van der Waals surface area contributed by atoms with Crippen LogP contribution in [-0.4, -0.2) is 38.8 Å². The number of fused-ring (bicyclic) bond motifs is 1. The Morgan fingerprint density at radius 3 is 2.74 bits per heavy atom. The zero-order chi connectivity index (χ0) is 15.6. The number of imidazole rings is 1. The average Bonchev–Trinajstić information content (AvgIpc) is 3.00. The first-order valence-corrected chi connectivity index (χ1v) is 8.21. The van der Waals surface area contributed by atoms with Gasteiger partial charge in [-0.3, -0.25) is 9.47 Å². The molecular formula is C19H21N3O. The van der Waals surface area contributed by atoms with E-state index in [0.717, 1.165) is 49.2 Å². The molecule has 1 saturated heterocycles. The van der Waals surface area contributed by atoms with Crippen molar-refractivity contribution in [3.05, 3.63) is 60.4 Å². The number of para-hydroxylation sites is 2. The van der Waals surface area contributed by atoms with Crippen molar-refractivity contribution in [1.82, 2.24) is 14.5 Å². The third kappa shape index (κ3) is 3.00. The quantitative estimate of drug-likeness (QED) is 0.809. The molecule has 1 fully saturated rings. The summed E-state index contributed by atoms with van der Waals surface area (Å²) in [5, 5.41) is 9.78. The van der Waals surface area contributed by atoms with Crippen LogP contribution in [0.2, 0.25) is 0 Å².